The SMILES string of the molecule is Cc1c(S(=O)(=O)[O-])c2ccccc2n1C.Cc1cc2ccccc2n1C.c1cc[nH+]cc1. The van der Waals surface area contributed by atoms with Crippen molar-refractivity contribution in [3.05, 3.63) is 96.6 Å². The van der Waals surface area contributed by atoms with Crippen molar-refractivity contribution in [3.8, 4) is 0 Å². The molecule has 3 heterocycles. The summed E-state index contributed by atoms with van der Waals surface area (Å²) in [6.45, 7) is 3.75. The number of hydrogen-bond donors (Lipinski definition) is 0. The maximum Gasteiger partial charge on any atom is 0.166 e. The Morgan fingerprint density at radius 1 is 0.781 bits per heavy atom. The van der Waals surface area contributed by atoms with Gasteiger partial charge in [0.1, 0.15) is 10.1 Å². The molecule has 0 atom stereocenters. The first kappa shape index (κ1) is 23.2. The fraction of sp³-hybridized carbons (Fsp3) is 0.160. The predicted octanol–water partition coefficient (Wildman–Crippen LogP) is 4.38. The Labute approximate surface area is 188 Å². The van der Waals surface area contributed by atoms with Crippen LogP contribution >= 0.6 is 0 Å². The molecule has 0 unspecified atom stereocenters. The van der Waals surface area contributed by atoms with Crippen LogP contribution in [-0.2, 0) is 24.2 Å². The quantitative estimate of drug-likeness (QED) is 0.356. The monoisotopic (exact) mass is 449 g/mol. The number of rotatable bonds is 1. The van der Waals surface area contributed by atoms with Gasteiger partial charge in [-0.3, -0.25) is 0 Å². The number of fused-ring (bicyclic) bond motifs is 2. The second-order valence-electron chi connectivity index (χ2n) is 7.43. The molecule has 6 nitrogen and oxygen atoms in total. The van der Waals surface area contributed by atoms with E-state index in [0.717, 1.165) is 5.52 Å². The van der Waals surface area contributed by atoms with Crippen LogP contribution in [0, 0.1) is 13.8 Å². The highest BCUT2D eigenvalue weighted by atomic mass is 32.2. The molecule has 0 aliphatic carbocycles. The lowest BCUT2D eigenvalue weighted by Gasteiger charge is -2.06. The van der Waals surface area contributed by atoms with E-state index in [4.69, 9.17) is 0 Å². The van der Waals surface area contributed by atoms with Crippen LogP contribution in [0.3, 0.4) is 0 Å². The third-order valence-electron chi connectivity index (χ3n) is 5.39. The van der Waals surface area contributed by atoms with Gasteiger partial charge in [-0.15, -0.1) is 0 Å². The van der Waals surface area contributed by atoms with Crippen LogP contribution in [-0.4, -0.2) is 22.1 Å². The third kappa shape index (κ3) is 5.07. The average Bonchev–Trinajstić information content (AvgIpc) is 3.23. The number of pyridine rings is 1. The molecule has 0 amide bonds. The van der Waals surface area contributed by atoms with E-state index >= 15 is 0 Å². The van der Waals surface area contributed by atoms with Crippen LogP contribution in [0.15, 0.2) is 90.1 Å². The van der Waals surface area contributed by atoms with Gasteiger partial charge in [-0.25, -0.2) is 13.4 Å². The molecule has 0 spiro atoms. The van der Waals surface area contributed by atoms with Crippen molar-refractivity contribution in [1.29, 1.82) is 0 Å². The highest BCUT2D eigenvalue weighted by Gasteiger charge is 2.15. The highest BCUT2D eigenvalue weighted by molar-refractivity contribution is 7.86. The first-order chi connectivity index (χ1) is 15.2. The summed E-state index contributed by atoms with van der Waals surface area (Å²) >= 11 is 0. The summed E-state index contributed by atoms with van der Waals surface area (Å²) in [4.78, 5) is 2.78. The van der Waals surface area contributed by atoms with Crippen molar-refractivity contribution < 1.29 is 18.0 Å². The van der Waals surface area contributed by atoms with Gasteiger partial charge in [0.2, 0.25) is 0 Å². The summed E-state index contributed by atoms with van der Waals surface area (Å²) in [7, 11) is -0.573. The van der Waals surface area contributed by atoms with E-state index in [1.54, 1.807) is 36.7 Å². The number of benzene rings is 2. The van der Waals surface area contributed by atoms with E-state index in [0.29, 0.717) is 11.1 Å². The van der Waals surface area contributed by atoms with Gasteiger partial charge >= 0.3 is 0 Å². The molecule has 166 valence electrons. The van der Waals surface area contributed by atoms with Gasteiger partial charge in [0.15, 0.2) is 12.4 Å². The summed E-state index contributed by atoms with van der Waals surface area (Å²) < 4.78 is 37.2. The van der Waals surface area contributed by atoms with Crippen molar-refractivity contribution in [2.75, 3.05) is 0 Å². The Kier molecular flexibility index (Phi) is 7.12. The van der Waals surface area contributed by atoms with E-state index in [-0.39, 0.29) is 4.90 Å². The fourth-order valence-corrected chi connectivity index (χ4v) is 4.51. The van der Waals surface area contributed by atoms with Crippen LogP contribution in [0.25, 0.3) is 21.8 Å². The molecular formula is C25H27N3O3S. The zero-order valence-electron chi connectivity index (χ0n) is 18.6. The number of aromatic amines is 1. The Morgan fingerprint density at radius 3 is 1.91 bits per heavy atom. The average molecular weight is 450 g/mol. The van der Waals surface area contributed by atoms with Crippen LogP contribution < -0.4 is 4.98 Å². The zero-order chi connectivity index (χ0) is 23.3. The molecule has 0 saturated heterocycles. The van der Waals surface area contributed by atoms with Gasteiger partial charge in [0.05, 0.1) is 4.90 Å². The molecule has 0 aliphatic rings. The van der Waals surface area contributed by atoms with Crippen LogP contribution in [0.2, 0.25) is 0 Å². The van der Waals surface area contributed by atoms with Crippen LogP contribution in [0.4, 0.5) is 0 Å². The minimum absolute atomic E-state index is 0.111. The van der Waals surface area contributed by atoms with Crippen LogP contribution in [0.5, 0.6) is 0 Å². The van der Waals surface area contributed by atoms with Crippen molar-refractivity contribution >= 4 is 31.9 Å². The van der Waals surface area contributed by atoms with Gasteiger partial charge in [0, 0.05) is 54.0 Å². The van der Waals surface area contributed by atoms with Gasteiger partial charge < -0.3 is 13.7 Å². The normalized spacial score (nSPS) is 10.9. The zero-order valence-corrected chi connectivity index (χ0v) is 19.4. The summed E-state index contributed by atoms with van der Waals surface area (Å²) in [5.41, 5.74) is 3.85. The minimum atomic E-state index is -4.41. The molecule has 0 fully saturated rings. The maximum absolute atomic E-state index is 11.1. The number of aryl methyl sites for hydroxylation is 3. The Hall–Kier alpha value is -3.42. The van der Waals surface area contributed by atoms with E-state index in [2.05, 4.69) is 53.9 Å². The van der Waals surface area contributed by atoms with Gasteiger partial charge in [0.25, 0.3) is 0 Å². The second kappa shape index (κ2) is 9.80. The first-order valence-electron chi connectivity index (χ1n) is 10.1. The minimum Gasteiger partial charge on any atom is -0.744 e. The number of H-pyrrole nitrogens is 1. The van der Waals surface area contributed by atoms with Gasteiger partial charge in [-0.05, 0) is 37.4 Å². The number of aromatic nitrogens is 3. The molecular weight excluding hydrogens is 422 g/mol. The lowest BCUT2D eigenvalue weighted by Crippen LogP contribution is -2.01. The summed E-state index contributed by atoms with van der Waals surface area (Å²) in [6, 6.07) is 23.4. The lowest BCUT2D eigenvalue weighted by atomic mass is 10.2. The van der Waals surface area contributed by atoms with Crippen molar-refractivity contribution in [2.45, 2.75) is 18.7 Å². The topological polar surface area (TPSA) is 81.2 Å². The smallest absolute Gasteiger partial charge is 0.166 e. The molecule has 2 aromatic carbocycles. The Morgan fingerprint density at radius 2 is 1.38 bits per heavy atom. The standard InChI is InChI=1S/C10H11NO3S.C10H11N.C5H5N/c1-7-10(15(12,13)14)8-5-3-4-6-9(8)11(7)2;1-8-7-9-5-3-4-6-10(9)11(8)2;1-2-4-6-5-3-1/h3-6H,1-2H3,(H,12,13,14);3-7H,1-2H3;1-5H. The first-order valence-corrected chi connectivity index (χ1v) is 11.5. The Bertz CT molecular complexity index is 1410. The van der Waals surface area contributed by atoms with Crippen LogP contribution in [0.1, 0.15) is 11.4 Å². The van der Waals surface area contributed by atoms with Gasteiger partial charge in [-0.2, -0.15) is 0 Å². The summed E-state index contributed by atoms with van der Waals surface area (Å²) in [6.07, 6.45) is 3.75. The second-order valence-corrected chi connectivity index (χ2v) is 8.74. The maximum atomic E-state index is 11.1. The lowest BCUT2D eigenvalue weighted by molar-refractivity contribution is -0.377. The summed E-state index contributed by atoms with van der Waals surface area (Å²) in [5.74, 6) is 0. The largest absolute Gasteiger partial charge is 0.744 e. The molecule has 0 saturated carbocycles. The molecule has 3 aromatic heterocycles. The third-order valence-corrected chi connectivity index (χ3v) is 6.41. The van der Waals surface area contributed by atoms with Crippen molar-refractivity contribution in [2.24, 2.45) is 14.1 Å². The number of nitrogens with zero attached hydrogens (tertiary/aromatic N) is 2. The molecule has 0 radical (unpaired) electrons. The molecule has 7 heteroatoms. The highest BCUT2D eigenvalue weighted by Crippen LogP contribution is 2.28. The Balaban J connectivity index is 0.000000148. The molecule has 0 aliphatic heterocycles. The predicted molar refractivity (Wildman–Crippen MR) is 126 cm³/mol. The fourth-order valence-electron chi connectivity index (χ4n) is 3.57. The number of para-hydroxylation sites is 2. The molecule has 1 N–H and O–H groups in total. The molecule has 32 heavy (non-hydrogen) atoms. The molecule has 0 bridgehead atoms. The van der Waals surface area contributed by atoms with Crippen molar-refractivity contribution in [1.82, 2.24) is 9.13 Å². The molecule has 5 aromatic rings. The summed E-state index contributed by atoms with van der Waals surface area (Å²) in [5, 5.41) is 1.82. The van der Waals surface area contributed by atoms with E-state index < -0.39 is 10.1 Å². The van der Waals surface area contributed by atoms with Crippen molar-refractivity contribution in [3.63, 3.8) is 0 Å². The van der Waals surface area contributed by atoms with E-state index in [1.165, 1.54) is 16.6 Å². The molecule has 5 rings (SSSR count). The van der Waals surface area contributed by atoms with E-state index in [9.17, 15) is 13.0 Å². The number of hydrogen-bond acceptors (Lipinski definition) is 3. The number of nitrogens with one attached hydrogen (secondary N) is 1. The van der Waals surface area contributed by atoms with E-state index in [1.807, 2.05) is 36.7 Å². The van der Waals surface area contributed by atoms with Gasteiger partial charge in [-0.1, -0.05) is 42.5 Å².